The highest BCUT2D eigenvalue weighted by molar-refractivity contribution is 5.87. The monoisotopic (exact) mass is 281 g/mol. The van der Waals surface area contributed by atoms with Gasteiger partial charge < -0.3 is 15.5 Å². The molecule has 4 aliphatic rings. The van der Waals surface area contributed by atoms with Gasteiger partial charge in [-0.25, -0.2) is 4.79 Å². The molecule has 4 rings (SSSR count). The molecule has 1 atom stereocenters. The summed E-state index contributed by atoms with van der Waals surface area (Å²) in [4.78, 5) is 23.8. The standard InChI is InChI=1S/C15H23NO4/c17-2-1-12(13(18)19)16-14(20)15-6-9-3-10(7-15)5-11(4-9)8-15/h9-12,17H,1-8H2,(H,16,20)(H,18,19)/t9?,10?,11?,12-,15?/m1/s1. The maximum atomic E-state index is 12.6. The second kappa shape index (κ2) is 5.02. The molecule has 4 saturated carbocycles. The molecular weight excluding hydrogens is 258 g/mol. The Balaban J connectivity index is 1.71. The Hall–Kier alpha value is -1.10. The van der Waals surface area contributed by atoms with Crippen molar-refractivity contribution in [1.29, 1.82) is 0 Å². The van der Waals surface area contributed by atoms with E-state index in [1.54, 1.807) is 0 Å². The number of carbonyl (C=O) groups excluding carboxylic acids is 1. The third-order valence-electron chi connectivity index (χ3n) is 5.54. The summed E-state index contributed by atoms with van der Waals surface area (Å²) in [6.45, 7) is -0.224. The molecule has 4 fully saturated rings. The Morgan fingerprint density at radius 1 is 1.10 bits per heavy atom. The zero-order chi connectivity index (χ0) is 14.3. The van der Waals surface area contributed by atoms with E-state index in [1.165, 1.54) is 19.3 Å². The molecular formula is C15H23NO4. The van der Waals surface area contributed by atoms with Crippen LogP contribution >= 0.6 is 0 Å². The van der Waals surface area contributed by atoms with Gasteiger partial charge in [0.1, 0.15) is 6.04 Å². The first-order valence-corrected chi connectivity index (χ1v) is 7.67. The Morgan fingerprint density at radius 3 is 2.00 bits per heavy atom. The van der Waals surface area contributed by atoms with Gasteiger partial charge in [-0.1, -0.05) is 0 Å². The maximum absolute atomic E-state index is 12.6. The molecule has 0 aromatic heterocycles. The number of nitrogens with one attached hydrogen (secondary N) is 1. The van der Waals surface area contributed by atoms with Crippen LogP contribution in [0.15, 0.2) is 0 Å². The van der Waals surface area contributed by atoms with Crippen LogP contribution in [-0.4, -0.2) is 34.7 Å². The third-order valence-corrected chi connectivity index (χ3v) is 5.54. The molecule has 0 heterocycles. The van der Waals surface area contributed by atoms with Gasteiger partial charge in [0, 0.05) is 18.4 Å². The zero-order valence-electron chi connectivity index (χ0n) is 11.7. The van der Waals surface area contributed by atoms with Crippen LogP contribution in [0.25, 0.3) is 0 Å². The summed E-state index contributed by atoms with van der Waals surface area (Å²) in [6, 6.07) is -0.958. The molecule has 0 radical (unpaired) electrons. The minimum absolute atomic E-state index is 0.0768. The summed E-state index contributed by atoms with van der Waals surface area (Å²) in [6.07, 6.45) is 6.62. The lowest BCUT2D eigenvalue weighted by Crippen LogP contribution is -2.56. The normalized spacial score (nSPS) is 39.5. The Labute approximate surface area is 118 Å². The summed E-state index contributed by atoms with van der Waals surface area (Å²) in [7, 11) is 0. The van der Waals surface area contributed by atoms with Gasteiger partial charge in [-0.15, -0.1) is 0 Å². The van der Waals surface area contributed by atoms with Crippen LogP contribution < -0.4 is 5.32 Å². The van der Waals surface area contributed by atoms with Crippen LogP contribution in [0.1, 0.15) is 44.9 Å². The number of amides is 1. The minimum Gasteiger partial charge on any atom is -0.480 e. The average Bonchev–Trinajstić information content (AvgIpc) is 2.36. The lowest BCUT2D eigenvalue weighted by atomic mass is 9.49. The number of carbonyl (C=O) groups is 2. The van der Waals surface area contributed by atoms with Gasteiger partial charge in [0.25, 0.3) is 0 Å². The van der Waals surface area contributed by atoms with Crippen LogP contribution in [-0.2, 0) is 9.59 Å². The number of carboxylic acid groups (broad SMARTS) is 1. The van der Waals surface area contributed by atoms with E-state index in [4.69, 9.17) is 10.2 Å². The van der Waals surface area contributed by atoms with Crippen LogP contribution in [0.5, 0.6) is 0 Å². The number of rotatable bonds is 5. The van der Waals surface area contributed by atoms with E-state index >= 15 is 0 Å². The number of hydrogen-bond acceptors (Lipinski definition) is 3. The third kappa shape index (κ3) is 2.32. The molecule has 5 nitrogen and oxygen atoms in total. The van der Waals surface area contributed by atoms with E-state index in [0.717, 1.165) is 19.3 Å². The van der Waals surface area contributed by atoms with Crippen molar-refractivity contribution in [2.24, 2.45) is 23.2 Å². The number of hydrogen-bond donors (Lipinski definition) is 3. The fraction of sp³-hybridized carbons (Fsp3) is 0.867. The largest absolute Gasteiger partial charge is 0.480 e. The first kappa shape index (κ1) is 13.9. The lowest BCUT2D eigenvalue weighted by molar-refractivity contribution is -0.151. The smallest absolute Gasteiger partial charge is 0.326 e. The first-order valence-electron chi connectivity index (χ1n) is 7.67. The highest BCUT2D eigenvalue weighted by Crippen LogP contribution is 2.60. The molecule has 3 N–H and O–H groups in total. The fourth-order valence-electron chi connectivity index (χ4n) is 5.09. The van der Waals surface area contributed by atoms with Crippen LogP contribution in [0.4, 0.5) is 0 Å². The molecule has 0 aromatic rings. The van der Waals surface area contributed by atoms with E-state index in [0.29, 0.717) is 17.8 Å². The Bertz CT molecular complexity index is 385. The van der Waals surface area contributed by atoms with E-state index in [-0.39, 0.29) is 24.3 Å². The molecule has 1 amide bonds. The number of carboxylic acids is 1. The molecule has 4 bridgehead atoms. The first-order chi connectivity index (χ1) is 9.52. The Morgan fingerprint density at radius 2 is 1.60 bits per heavy atom. The van der Waals surface area contributed by atoms with Crippen LogP contribution in [0, 0.1) is 23.2 Å². The lowest BCUT2D eigenvalue weighted by Gasteiger charge is -2.55. The summed E-state index contributed by atoms with van der Waals surface area (Å²) in [5.74, 6) is 0.837. The second-order valence-electron chi connectivity index (χ2n) is 7.07. The quantitative estimate of drug-likeness (QED) is 0.705. The van der Waals surface area contributed by atoms with E-state index < -0.39 is 12.0 Å². The van der Waals surface area contributed by atoms with Gasteiger partial charge in [-0.2, -0.15) is 0 Å². The van der Waals surface area contributed by atoms with Crippen molar-refractivity contribution < 1.29 is 19.8 Å². The topological polar surface area (TPSA) is 86.6 Å². The minimum atomic E-state index is -1.06. The molecule has 0 spiro atoms. The molecule has 5 heteroatoms. The van der Waals surface area contributed by atoms with Crippen molar-refractivity contribution in [2.45, 2.75) is 51.0 Å². The van der Waals surface area contributed by atoms with E-state index in [2.05, 4.69) is 5.32 Å². The average molecular weight is 281 g/mol. The van der Waals surface area contributed by atoms with Crippen molar-refractivity contribution in [3.05, 3.63) is 0 Å². The van der Waals surface area contributed by atoms with Crippen molar-refractivity contribution in [3.8, 4) is 0 Å². The predicted molar refractivity (Wildman–Crippen MR) is 71.9 cm³/mol. The van der Waals surface area contributed by atoms with Crippen molar-refractivity contribution in [1.82, 2.24) is 5.32 Å². The highest BCUT2D eigenvalue weighted by atomic mass is 16.4. The molecule has 20 heavy (non-hydrogen) atoms. The second-order valence-corrected chi connectivity index (χ2v) is 7.07. The van der Waals surface area contributed by atoms with E-state index in [9.17, 15) is 9.59 Å². The molecule has 4 aliphatic carbocycles. The maximum Gasteiger partial charge on any atom is 0.326 e. The molecule has 0 aliphatic heterocycles. The van der Waals surface area contributed by atoms with Gasteiger partial charge in [-0.3, -0.25) is 4.79 Å². The summed E-state index contributed by atoms with van der Waals surface area (Å²) >= 11 is 0. The molecule has 0 saturated heterocycles. The SMILES string of the molecule is O=C(O)[C@@H](CCO)NC(=O)C12CC3CC(CC(C3)C1)C2. The predicted octanol–water partition coefficient (Wildman–Crippen LogP) is 1.15. The molecule has 112 valence electrons. The fourth-order valence-corrected chi connectivity index (χ4v) is 5.09. The molecule has 0 aromatic carbocycles. The van der Waals surface area contributed by atoms with E-state index in [1.807, 2.05) is 0 Å². The number of aliphatic hydroxyl groups is 1. The number of aliphatic hydroxyl groups excluding tert-OH is 1. The molecule has 0 unspecified atom stereocenters. The van der Waals surface area contributed by atoms with Crippen molar-refractivity contribution in [2.75, 3.05) is 6.61 Å². The van der Waals surface area contributed by atoms with Crippen molar-refractivity contribution in [3.63, 3.8) is 0 Å². The number of aliphatic carboxylic acids is 1. The van der Waals surface area contributed by atoms with Gasteiger partial charge in [0.2, 0.25) is 5.91 Å². The van der Waals surface area contributed by atoms with Crippen LogP contribution in [0.2, 0.25) is 0 Å². The van der Waals surface area contributed by atoms with Gasteiger partial charge in [-0.05, 0) is 56.3 Å². The highest BCUT2D eigenvalue weighted by Gasteiger charge is 2.54. The zero-order valence-corrected chi connectivity index (χ0v) is 11.7. The van der Waals surface area contributed by atoms with Gasteiger partial charge in [0.15, 0.2) is 0 Å². The Kier molecular flexibility index (Phi) is 3.48. The van der Waals surface area contributed by atoms with Gasteiger partial charge in [0.05, 0.1) is 0 Å². The summed E-state index contributed by atoms with van der Waals surface area (Å²) in [5.41, 5.74) is -0.322. The summed E-state index contributed by atoms with van der Waals surface area (Å²) in [5, 5.41) is 20.7. The summed E-state index contributed by atoms with van der Waals surface area (Å²) < 4.78 is 0. The van der Waals surface area contributed by atoms with Gasteiger partial charge >= 0.3 is 5.97 Å². The van der Waals surface area contributed by atoms with Crippen LogP contribution in [0.3, 0.4) is 0 Å². The van der Waals surface area contributed by atoms with Crippen molar-refractivity contribution >= 4 is 11.9 Å².